The zero-order valence-corrected chi connectivity index (χ0v) is 15.1. The maximum atomic E-state index is 13.3. The number of ketones is 1. The van der Waals surface area contributed by atoms with Crippen LogP contribution in [0.3, 0.4) is 0 Å². The summed E-state index contributed by atoms with van der Waals surface area (Å²) in [6, 6.07) is 12.5. The number of nitrogens with zero attached hydrogens (tertiary/aromatic N) is 3. The quantitative estimate of drug-likeness (QED) is 0.613. The van der Waals surface area contributed by atoms with Gasteiger partial charge in [-0.05, 0) is 30.7 Å². The summed E-state index contributed by atoms with van der Waals surface area (Å²) in [5.74, 6) is -0.352. The van der Waals surface area contributed by atoms with E-state index in [1.165, 1.54) is 29.2 Å². The standard InChI is InChI=1S/C20H19N3O4/c1-21(2)13-16-11-12-19(24)17-5-3-4-6-18(17)22(16)20(25)14-7-9-15(10-8-14)23(26)27/h3-10,13H,11-12H2,1-2H3. The molecule has 7 heteroatoms. The number of para-hydroxylation sites is 1. The lowest BCUT2D eigenvalue weighted by Gasteiger charge is -2.26. The molecule has 0 spiro atoms. The molecule has 1 aliphatic rings. The lowest BCUT2D eigenvalue weighted by Crippen LogP contribution is -2.31. The highest BCUT2D eigenvalue weighted by molar-refractivity contribution is 6.13. The van der Waals surface area contributed by atoms with Crippen LogP contribution in [0.4, 0.5) is 11.4 Å². The molecule has 0 atom stereocenters. The van der Waals surface area contributed by atoms with Crippen LogP contribution in [0.1, 0.15) is 33.6 Å². The number of carbonyl (C=O) groups is 2. The van der Waals surface area contributed by atoms with Crippen LogP contribution in [0.2, 0.25) is 0 Å². The van der Waals surface area contributed by atoms with Crippen molar-refractivity contribution in [3.05, 3.63) is 81.7 Å². The molecule has 1 aliphatic heterocycles. The van der Waals surface area contributed by atoms with Gasteiger partial charge < -0.3 is 4.90 Å². The summed E-state index contributed by atoms with van der Waals surface area (Å²) in [5.41, 5.74) is 1.95. The van der Waals surface area contributed by atoms with Crippen LogP contribution in [0.25, 0.3) is 0 Å². The lowest BCUT2D eigenvalue weighted by atomic mass is 10.1. The molecule has 2 aromatic carbocycles. The van der Waals surface area contributed by atoms with E-state index in [-0.39, 0.29) is 17.4 Å². The first-order valence-electron chi connectivity index (χ1n) is 8.46. The minimum absolute atomic E-state index is 0.0192. The van der Waals surface area contributed by atoms with Crippen molar-refractivity contribution < 1.29 is 14.5 Å². The first-order chi connectivity index (χ1) is 12.9. The third kappa shape index (κ3) is 3.72. The molecule has 0 aliphatic carbocycles. The Morgan fingerprint density at radius 2 is 1.78 bits per heavy atom. The van der Waals surface area contributed by atoms with Crippen LogP contribution < -0.4 is 4.90 Å². The average molecular weight is 365 g/mol. The Balaban J connectivity index is 2.11. The Bertz CT molecular complexity index is 932. The number of rotatable bonds is 3. The maximum Gasteiger partial charge on any atom is 0.269 e. The number of nitro benzene ring substituents is 1. The topological polar surface area (TPSA) is 83.8 Å². The van der Waals surface area contributed by atoms with Gasteiger partial charge in [-0.25, -0.2) is 0 Å². The molecule has 1 amide bonds. The third-order valence-corrected chi connectivity index (χ3v) is 4.28. The van der Waals surface area contributed by atoms with Gasteiger partial charge in [0.1, 0.15) is 0 Å². The van der Waals surface area contributed by atoms with E-state index in [4.69, 9.17) is 0 Å². The molecule has 0 fully saturated rings. The molecule has 0 saturated carbocycles. The van der Waals surface area contributed by atoms with Gasteiger partial charge in [0.15, 0.2) is 5.78 Å². The van der Waals surface area contributed by atoms with Gasteiger partial charge in [-0.3, -0.25) is 24.6 Å². The summed E-state index contributed by atoms with van der Waals surface area (Å²) in [7, 11) is 3.69. The number of nitro groups is 1. The van der Waals surface area contributed by atoms with Gasteiger partial charge in [0, 0.05) is 55.7 Å². The second kappa shape index (κ2) is 7.41. The van der Waals surface area contributed by atoms with Crippen LogP contribution in [0, 0.1) is 10.1 Å². The summed E-state index contributed by atoms with van der Waals surface area (Å²) in [6.07, 6.45) is 2.55. The molecule has 7 nitrogen and oxygen atoms in total. The third-order valence-electron chi connectivity index (χ3n) is 4.28. The van der Waals surface area contributed by atoms with Gasteiger partial charge in [-0.15, -0.1) is 0 Å². The van der Waals surface area contributed by atoms with E-state index < -0.39 is 4.92 Å². The van der Waals surface area contributed by atoms with Crippen molar-refractivity contribution in [1.82, 2.24) is 4.90 Å². The Morgan fingerprint density at radius 1 is 1.11 bits per heavy atom. The van der Waals surface area contributed by atoms with Crippen molar-refractivity contribution in [3.8, 4) is 0 Å². The largest absolute Gasteiger partial charge is 0.382 e. The second-order valence-electron chi connectivity index (χ2n) is 6.47. The molecular weight excluding hydrogens is 346 g/mol. The predicted octanol–water partition coefficient (Wildman–Crippen LogP) is 3.62. The Kier molecular flexibility index (Phi) is 5.03. The maximum absolute atomic E-state index is 13.3. The number of benzene rings is 2. The van der Waals surface area contributed by atoms with Gasteiger partial charge in [0.25, 0.3) is 11.6 Å². The van der Waals surface area contributed by atoms with E-state index in [0.29, 0.717) is 35.4 Å². The van der Waals surface area contributed by atoms with Crippen molar-refractivity contribution in [2.45, 2.75) is 12.8 Å². The zero-order valence-electron chi connectivity index (χ0n) is 15.1. The molecule has 138 valence electrons. The van der Waals surface area contributed by atoms with Crippen LogP contribution in [-0.4, -0.2) is 35.6 Å². The smallest absolute Gasteiger partial charge is 0.269 e. The molecular formula is C20H19N3O4. The van der Waals surface area contributed by atoms with E-state index in [2.05, 4.69) is 0 Å². The lowest BCUT2D eigenvalue weighted by molar-refractivity contribution is -0.384. The van der Waals surface area contributed by atoms with Gasteiger partial charge in [-0.1, -0.05) is 12.1 Å². The number of fused-ring (bicyclic) bond motifs is 1. The molecule has 0 saturated heterocycles. The van der Waals surface area contributed by atoms with Crippen LogP contribution in [0.15, 0.2) is 60.4 Å². The molecule has 0 N–H and O–H groups in total. The number of Topliss-reactive ketones (excluding diaryl/α,β-unsaturated/α-hetero) is 1. The number of allylic oxidation sites excluding steroid dienone is 1. The van der Waals surface area contributed by atoms with Gasteiger partial charge in [-0.2, -0.15) is 0 Å². The highest BCUT2D eigenvalue weighted by atomic mass is 16.6. The molecule has 0 aromatic heterocycles. The van der Waals surface area contributed by atoms with E-state index >= 15 is 0 Å². The molecule has 0 bridgehead atoms. The van der Waals surface area contributed by atoms with Crippen molar-refractivity contribution in [2.24, 2.45) is 0 Å². The van der Waals surface area contributed by atoms with Crippen LogP contribution in [0.5, 0.6) is 0 Å². The van der Waals surface area contributed by atoms with Gasteiger partial charge in [0.2, 0.25) is 0 Å². The van der Waals surface area contributed by atoms with E-state index in [1.807, 2.05) is 25.2 Å². The molecule has 2 aromatic rings. The molecule has 1 heterocycles. The zero-order chi connectivity index (χ0) is 19.6. The van der Waals surface area contributed by atoms with Gasteiger partial charge >= 0.3 is 0 Å². The number of hydrogen-bond acceptors (Lipinski definition) is 5. The van der Waals surface area contributed by atoms with Crippen molar-refractivity contribution in [2.75, 3.05) is 19.0 Å². The fraction of sp³-hybridized carbons (Fsp3) is 0.200. The minimum atomic E-state index is -0.508. The summed E-state index contributed by atoms with van der Waals surface area (Å²) < 4.78 is 0. The number of hydrogen-bond donors (Lipinski definition) is 0. The monoisotopic (exact) mass is 365 g/mol. The SMILES string of the molecule is CN(C)C=C1CCC(=O)c2ccccc2N1C(=O)c1ccc([N+](=O)[O-])cc1. The molecule has 3 rings (SSSR count). The number of carbonyl (C=O) groups excluding carboxylic acids is 2. The van der Waals surface area contributed by atoms with Crippen molar-refractivity contribution >= 4 is 23.1 Å². The average Bonchev–Trinajstić information content (AvgIpc) is 2.78. The van der Waals surface area contributed by atoms with Crippen LogP contribution in [-0.2, 0) is 0 Å². The highest BCUT2D eigenvalue weighted by Crippen LogP contribution is 2.33. The first-order valence-corrected chi connectivity index (χ1v) is 8.46. The minimum Gasteiger partial charge on any atom is -0.382 e. The number of anilines is 1. The fourth-order valence-electron chi connectivity index (χ4n) is 3.06. The second-order valence-corrected chi connectivity index (χ2v) is 6.47. The van der Waals surface area contributed by atoms with Gasteiger partial charge in [0.05, 0.1) is 10.6 Å². The Hall–Kier alpha value is -3.48. The summed E-state index contributed by atoms with van der Waals surface area (Å²) in [4.78, 5) is 39.5. The normalized spacial score (nSPS) is 15.3. The molecule has 0 unspecified atom stereocenters. The Labute approximate surface area is 156 Å². The summed E-state index contributed by atoms with van der Waals surface area (Å²) >= 11 is 0. The molecule has 27 heavy (non-hydrogen) atoms. The number of amides is 1. The molecule has 0 radical (unpaired) electrons. The fourth-order valence-corrected chi connectivity index (χ4v) is 3.06. The van der Waals surface area contributed by atoms with E-state index in [9.17, 15) is 19.7 Å². The highest BCUT2D eigenvalue weighted by Gasteiger charge is 2.29. The first kappa shape index (κ1) is 18.3. The van der Waals surface area contributed by atoms with Crippen molar-refractivity contribution in [3.63, 3.8) is 0 Å². The summed E-state index contributed by atoms with van der Waals surface area (Å²) in [6.45, 7) is 0. The summed E-state index contributed by atoms with van der Waals surface area (Å²) in [5, 5.41) is 10.9. The van der Waals surface area contributed by atoms with E-state index in [1.54, 1.807) is 24.3 Å². The Morgan fingerprint density at radius 3 is 2.41 bits per heavy atom. The van der Waals surface area contributed by atoms with Crippen LogP contribution >= 0.6 is 0 Å². The van der Waals surface area contributed by atoms with Crippen molar-refractivity contribution in [1.29, 1.82) is 0 Å². The van der Waals surface area contributed by atoms with E-state index in [0.717, 1.165) is 0 Å². The number of non-ortho nitro benzene ring substituents is 1. The predicted molar refractivity (Wildman–Crippen MR) is 102 cm³/mol.